The summed E-state index contributed by atoms with van der Waals surface area (Å²) < 4.78 is 19.1. The molecule has 6 heteroatoms. The third-order valence-electron chi connectivity index (χ3n) is 3.11. The number of ether oxygens (including phenoxy) is 1. The predicted molar refractivity (Wildman–Crippen MR) is 63.6 cm³/mol. The zero-order valence-corrected chi connectivity index (χ0v) is 9.84. The third kappa shape index (κ3) is 1.61. The first-order valence-corrected chi connectivity index (χ1v) is 5.64. The average Bonchev–Trinajstić information content (AvgIpc) is 2.76. The van der Waals surface area contributed by atoms with Crippen LogP contribution in [-0.4, -0.2) is 42.0 Å². The van der Waals surface area contributed by atoms with Gasteiger partial charge in [-0.3, -0.25) is 0 Å². The average molecular weight is 249 g/mol. The maximum atomic E-state index is 12.8. The van der Waals surface area contributed by atoms with Gasteiger partial charge in [0.05, 0.1) is 43.8 Å². The highest BCUT2D eigenvalue weighted by atomic mass is 19.1. The lowest BCUT2D eigenvalue weighted by molar-refractivity contribution is 0.0603. The number of esters is 1. The van der Waals surface area contributed by atoms with Crippen LogP contribution in [0.4, 0.5) is 10.1 Å². The van der Waals surface area contributed by atoms with E-state index in [1.807, 2.05) is 11.0 Å². The van der Waals surface area contributed by atoms with Gasteiger partial charge in [0.15, 0.2) is 0 Å². The lowest BCUT2D eigenvalue weighted by atomic mass is 10.1. The van der Waals surface area contributed by atoms with E-state index in [0.717, 1.165) is 5.69 Å². The maximum absolute atomic E-state index is 12.8. The first-order chi connectivity index (χ1) is 8.69. The Morgan fingerprint density at radius 3 is 2.94 bits per heavy atom. The third-order valence-corrected chi connectivity index (χ3v) is 3.11. The van der Waals surface area contributed by atoms with Gasteiger partial charge in [-0.25, -0.2) is 13.7 Å². The normalized spacial score (nSPS) is 15.8. The summed E-state index contributed by atoms with van der Waals surface area (Å²) in [4.78, 5) is 13.4. The van der Waals surface area contributed by atoms with E-state index < -0.39 is 12.1 Å². The summed E-state index contributed by atoms with van der Waals surface area (Å²) >= 11 is 0. The molecule has 3 rings (SSSR count). The number of carbonyl (C=O) groups excluding carboxylic acids is 1. The zero-order valence-electron chi connectivity index (χ0n) is 9.84. The number of rotatable bonds is 2. The highest BCUT2D eigenvalue weighted by Gasteiger charge is 2.26. The van der Waals surface area contributed by atoms with Crippen molar-refractivity contribution >= 4 is 17.2 Å². The van der Waals surface area contributed by atoms with E-state index in [1.54, 1.807) is 16.8 Å². The van der Waals surface area contributed by atoms with Gasteiger partial charge in [0.2, 0.25) is 0 Å². The number of alkyl halides is 1. The minimum atomic E-state index is -0.746. The summed E-state index contributed by atoms with van der Waals surface area (Å²) in [6.07, 6.45) is 2.51. The number of methoxy groups -OCH3 is 1. The second kappa shape index (κ2) is 3.97. The number of hydrogen-bond donors (Lipinski definition) is 0. The van der Waals surface area contributed by atoms with Crippen molar-refractivity contribution in [2.75, 3.05) is 25.1 Å². The molecule has 0 N–H and O–H groups in total. The van der Waals surface area contributed by atoms with E-state index in [9.17, 15) is 9.18 Å². The first kappa shape index (κ1) is 11.0. The maximum Gasteiger partial charge on any atom is 0.341 e. The number of aromatic nitrogens is 2. The van der Waals surface area contributed by atoms with Crippen LogP contribution in [0.3, 0.4) is 0 Å². The standard InChI is InChI=1S/C12H12FN3O2/c1-18-12(17)10-4-14-16-7-9(2-3-11(10)16)15-5-8(13)6-15/h2-4,7-8H,5-6H2,1H3. The van der Waals surface area contributed by atoms with E-state index in [1.165, 1.54) is 13.3 Å². The van der Waals surface area contributed by atoms with Crippen molar-refractivity contribution in [1.82, 2.24) is 9.61 Å². The molecule has 2 aromatic rings. The van der Waals surface area contributed by atoms with Gasteiger partial charge in [-0.1, -0.05) is 0 Å². The number of anilines is 1. The zero-order chi connectivity index (χ0) is 12.7. The fraction of sp³-hybridized carbons (Fsp3) is 0.333. The molecule has 0 amide bonds. The monoisotopic (exact) mass is 249 g/mol. The molecule has 0 spiro atoms. The predicted octanol–water partition coefficient (Wildman–Crippen LogP) is 1.28. The molecular formula is C12H12FN3O2. The Bertz CT molecular complexity index is 604. The summed E-state index contributed by atoms with van der Waals surface area (Å²) in [7, 11) is 1.33. The van der Waals surface area contributed by atoms with Crippen LogP contribution in [-0.2, 0) is 4.74 Å². The quantitative estimate of drug-likeness (QED) is 0.752. The van der Waals surface area contributed by atoms with E-state index in [-0.39, 0.29) is 0 Å². The van der Waals surface area contributed by atoms with Crippen molar-refractivity contribution in [3.8, 4) is 0 Å². The van der Waals surface area contributed by atoms with Crippen LogP contribution in [0.5, 0.6) is 0 Å². The Kier molecular flexibility index (Phi) is 2.43. The Hall–Kier alpha value is -2.11. The van der Waals surface area contributed by atoms with Gasteiger partial charge in [0, 0.05) is 0 Å². The van der Waals surface area contributed by atoms with Crippen molar-refractivity contribution < 1.29 is 13.9 Å². The first-order valence-electron chi connectivity index (χ1n) is 5.64. The number of halogens is 1. The molecule has 1 saturated heterocycles. The molecule has 1 aliphatic heterocycles. The molecule has 0 bridgehead atoms. The van der Waals surface area contributed by atoms with Crippen LogP contribution >= 0.6 is 0 Å². The summed E-state index contributed by atoms with van der Waals surface area (Å²) in [6.45, 7) is 0.827. The minimum absolute atomic E-state index is 0.412. The molecule has 1 fully saturated rings. The Labute approximate surface area is 103 Å². The topological polar surface area (TPSA) is 46.8 Å². The molecule has 1 aliphatic rings. The highest BCUT2D eigenvalue weighted by molar-refractivity contribution is 5.96. The van der Waals surface area contributed by atoms with Crippen LogP contribution in [0, 0.1) is 0 Å². The smallest absolute Gasteiger partial charge is 0.341 e. The molecule has 0 aromatic carbocycles. The van der Waals surface area contributed by atoms with Crippen molar-refractivity contribution in [1.29, 1.82) is 0 Å². The van der Waals surface area contributed by atoms with Gasteiger partial charge < -0.3 is 9.64 Å². The molecule has 0 atom stereocenters. The van der Waals surface area contributed by atoms with Gasteiger partial charge in [0.1, 0.15) is 11.7 Å². The number of fused-ring (bicyclic) bond motifs is 1. The molecule has 94 valence electrons. The fourth-order valence-electron chi connectivity index (χ4n) is 2.06. The lowest BCUT2D eigenvalue weighted by Gasteiger charge is -2.36. The van der Waals surface area contributed by atoms with Gasteiger partial charge in [-0.15, -0.1) is 0 Å². The van der Waals surface area contributed by atoms with E-state index in [0.29, 0.717) is 24.2 Å². The van der Waals surface area contributed by atoms with Crippen molar-refractivity contribution in [3.63, 3.8) is 0 Å². The van der Waals surface area contributed by atoms with E-state index in [4.69, 9.17) is 0 Å². The van der Waals surface area contributed by atoms with Crippen LogP contribution in [0.1, 0.15) is 10.4 Å². The number of hydrogen-bond acceptors (Lipinski definition) is 4. The van der Waals surface area contributed by atoms with Gasteiger partial charge in [-0.05, 0) is 12.1 Å². The van der Waals surface area contributed by atoms with Crippen molar-refractivity contribution in [2.45, 2.75) is 6.17 Å². The molecule has 18 heavy (non-hydrogen) atoms. The van der Waals surface area contributed by atoms with E-state index >= 15 is 0 Å². The summed E-state index contributed by atoms with van der Waals surface area (Å²) in [6, 6.07) is 3.65. The summed E-state index contributed by atoms with van der Waals surface area (Å²) in [5.74, 6) is -0.412. The molecule has 5 nitrogen and oxygen atoms in total. The molecule has 0 aliphatic carbocycles. The van der Waals surface area contributed by atoms with Gasteiger partial charge in [-0.2, -0.15) is 5.10 Å². The SMILES string of the molecule is COC(=O)c1cnn2cc(N3CC(F)C3)ccc12. The molecule has 2 aromatic heterocycles. The van der Waals surface area contributed by atoms with Crippen LogP contribution < -0.4 is 4.90 Å². The van der Waals surface area contributed by atoms with Crippen LogP contribution in [0.15, 0.2) is 24.5 Å². The minimum Gasteiger partial charge on any atom is -0.465 e. The number of nitrogens with zero attached hydrogens (tertiary/aromatic N) is 3. The van der Waals surface area contributed by atoms with Crippen LogP contribution in [0.25, 0.3) is 5.52 Å². The van der Waals surface area contributed by atoms with E-state index in [2.05, 4.69) is 9.84 Å². The molecule has 0 saturated carbocycles. The Morgan fingerprint density at radius 2 is 2.28 bits per heavy atom. The Morgan fingerprint density at radius 1 is 1.50 bits per heavy atom. The number of carbonyl (C=O) groups is 1. The number of pyridine rings is 1. The second-order valence-electron chi connectivity index (χ2n) is 4.27. The highest BCUT2D eigenvalue weighted by Crippen LogP contribution is 2.23. The largest absolute Gasteiger partial charge is 0.465 e. The Balaban J connectivity index is 1.97. The van der Waals surface area contributed by atoms with Crippen molar-refractivity contribution in [3.05, 3.63) is 30.1 Å². The summed E-state index contributed by atoms with van der Waals surface area (Å²) in [5, 5.41) is 4.10. The van der Waals surface area contributed by atoms with Crippen LogP contribution in [0.2, 0.25) is 0 Å². The second-order valence-corrected chi connectivity index (χ2v) is 4.27. The molecule has 0 radical (unpaired) electrons. The van der Waals surface area contributed by atoms with Gasteiger partial charge >= 0.3 is 5.97 Å². The lowest BCUT2D eigenvalue weighted by Crippen LogP contribution is -2.48. The van der Waals surface area contributed by atoms with Crippen molar-refractivity contribution in [2.24, 2.45) is 0 Å². The summed E-state index contributed by atoms with van der Waals surface area (Å²) in [5.41, 5.74) is 2.01. The molecule has 3 heterocycles. The molecule has 0 unspecified atom stereocenters. The molecular weight excluding hydrogens is 237 g/mol. The van der Waals surface area contributed by atoms with Gasteiger partial charge in [0.25, 0.3) is 0 Å². The fourth-order valence-corrected chi connectivity index (χ4v) is 2.06.